The van der Waals surface area contributed by atoms with Gasteiger partial charge in [-0.1, -0.05) is 147 Å². The number of ether oxygens (including phenoxy) is 3. The molecule has 1 atom stereocenters. The summed E-state index contributed by atoms with van der Waals surface area (Å²) in [7, 11) is 0. The van der Waals surface area contributed by atoms with Crippen molar-refractivity contribution >= 4 is 11.9 Å². The third-order valence-corrected chi connectivity index (χ3v) is 8.75. The van der Waals surface area contributed by atoms with E-state index in [2.05, 4.69) is 13.8 Å². The highest BCUT2D eigenvalue weighted by Gasteiger charge is 2.49. The SMILES string of the molecule is CCCCCCCCCCCCCCCCCC(=O)OCCOc1ccc(C2(CCCC)C(=O)Oc3ccccc32)cc1. The fraction of sp³-hybridized carbons (Fsp3) is 0.632. The van der Waals surface area contributed by atoms with Gasteiger partial charge in [-0.15, -0.1) is 0 Å². The molecule has 1 heterocycles. The highest BCUT2D eigenvalue weighted by Crippen LogP contribution is 2.47. The Hall–Kier alpha value is -2.82. The van der Waals surface area contributed by atoms with Crippen LogP contribution in [0.2, 0.25) is 0 Å². The van der Waals surface area contributed by atoms with Gasteiger partial charge in [-0.3, -0.25) is 9.59 Å². The van der Waals surface area contributed by atoms with Crippen LogP contribution < -0.4 is 9.47 Å². The lowest BCUT2D eigenvalue weighted by Crippen LogP contribution is -2.35. The largest absolute Gasteiger partial charge is 0.490 e. The van der Waals surface area contributed by atoms with Gasteiger partial charge in [0.1, 0.15) is 30.1 Å². The summed E-state index contributed by atoms with van der Waals surface area (Å²) < 4.78 is 16.9. The minimum atomic E-state index is -0.784. The lowest BCUT2D eigenvalue weighted by molar-refractivity contribution is -0.144. The Labute approximate surface area is 261 Å². The minimum Gasteiger partial charge on any atom is -0.490 e. The molecule has 0 aliphatic carbocycles. The molecule has 1 aliphatic heterocycles. The van der Waals surface area contributed by atoms with Gasteiger partial charge < -0.3 is 14.2 Å². The first-order chi connectivity index (χ1) is 21.1. The number of fused-ring (bicyclic) bond motifs is 1. The summed E-state index contributed by atoms with van der Waals surface area (Å²) in [5.74, 6) is 0.976. The third-order valence-electron chi connectivity index (χ3n) is 8.75. The van der Waals surface area contributed by atoms with Crippen LogP contribution in [-0.2, 0) is 19.7 Å². The number of unbranched alkanes of at least 4 members (excludes halogenated alkanes) is 15. The monoisotopic (exact) mass is 592 g/mol. The topological polar surface area (TPSA) is 61.8 Å². The van der Waals surface area contributed by atoms with E-state index in [0.29, 0.717) is 30.9 Å². The fourth-order valence-electron chi connectivity index (χ4n) is 6.17. The first-order valence-corrected chi connectivity index (χ1v) is 17.3. The number of rotatable bonds is 24. The Morgan fingerprint density at radius 3 is 1.84 bits per heavy atom. The molecule has 0 saturated carbocycles. The van der Waals surface area contributed by atoms with E-state index in [-0.39, 0.29) is 18.5 Å². The Bertz CT molecular complexity index is 1060. The molecule has 0 amide bonds. The van der Waals surface area contributed by atoms with E-state index >= 15 is 0 Å². The Morgan fingerprint density at radius 2 is 1.23 bits per heavy atom. The van der Waals surface area contributed by atoms with Gasteiger partial charge in [0.2, 0.25) is 0 Å². The van der Waals surface area contributed by atoms with E-state index in [1.54, 1.807) is 0 Å². The zero-order chi connectivity index (χ0) is 30.6. The van der Waals surface area contributed by atoms with Crippen LogP contribution in [-0.4, -0.2) is 25.2 Å². The van der Waals surface area contributed by atoms with Crippen molar-refractivity contribution < 1.29 is 23.8 Å². The van der Waals surface area contributed by atoms with E-state index < -0.39 is 5.41 Å². The predicted molar refractivity (Wildman–Crippen MR) is 175 cm³/mol. The van der Waals surface area contributed by atoms with Crippen molar-refractivity contribution in [3.05, 3.63) is 59.7 Å². The van der Waals surface area contributed by atoms with Gasteiger partial charge in [-0.05, 0) is 36.6 Å². The van der Waals surface area contributed by atoms with Crippen molar-refractivity contribution in [2.45, 2.75) is 141 Å². The van der Waals surface area contributed by atoms with Crippen molar-refractivity contribution in [1.29, 1.82) is 0 Å². The predicted octanol–water partition coefficient (Wildman–Crippen LogP) is 10.3. The molecule has 1 unspecified atom stereocenters. The summed E-state index contributed by atoms with van der Waals surface area (Å²) in [4.78, 5) is 25.3. The zero-order valence-corrected chi connectivity index (χ0v) is 27.0. The molecule has 0 saturated heterocycles. The van der Waals surface area contributed by atoms with Gasteiger partial charge in [0.15, 0.2) is 0 Å². The van der Waals surface area contributed by atoms with Gasteiger partial charge in [0.25, 0.3) is 0 Å². The molecule has 0 bridgehead atoms. The van der Waals surface area contributed by atoms with Crippen molar-refractivity contribution in [1.82, 2.24) is 0 Å². The summed E-state index contributed by atoms with van der Waals surface area (Å²) in [6, 6.07) is 15.4. The average Bonchev–Trinajstić information content (AvgIpc) is 3.32. The van der Waals surface area contributed by atoms with Gasteiger partial charge >= 0.3 is 11.9 Å². The number of benzene rings is 2. The number of esters is 2. The molecule has 1 aliphatic rings. The van der Waals surface area contributed by atoms with Crippen molar-refractivity contribution in [3.63, 3.8) is 0 Å². The van der Waals surface area contributed by atoms with Gasteiger partial charge in [-0.25, -0.2) is 0 Å². The van der Waals surface area contributed by atoms with Crippen LogP contribution in [0.5, 0.6) is 11.5 Å². The van der Waals surface area contributed by atoms with Crippen molar-refractivity contribution in [2.75, 3.05) is 13.2 Å². The first kappa shape index (κ1) is 34.7. The minimum absolute atomic E-state index is 0.148. The summed E-state index contributed by atoms with van der Waals surface area (Å²) in [6.45, 7) is 4.94. The quantitative estimate of drug-likeness (QED) is 0.0689. The van der Waals surface area contributed by atoms with Crippen LogP contribution in [0.15, 0.2) is 48.5 Å². The normalized spacial score (nSPS) is 15.7. The summed E-state index contributed by atoms with van der Waals surface area (Å²) in [5.41, 5.74) is 1.06. The average molecular weight is 593 g/mol. The van der Waals surface area contributed by atoms with E-state index in [1.807, 2.05) is 48.5 Å². The Balaban J connectivity index is 1.23. The second-order valence-electron chi connectivity index (χ2n) is 12.2. The van der Waals surface area contributed by atoms with Crippen LogP contribution in [0.1, 0.15) is 147 Å². The lowest BCUT2D eigenvalue weighted by atomic mass is 9.72. The standard InChI is InChI=1S/C38H56O5/c1-3-5-7-8-9-10-11-12-13-14-15-16-17-18-19-24-36(39)42-31-30-41-33-27-25-32(26-28-33)38(29-6-4-2)34-22-20-21-23-35(34)43-37(38)40/h20-23,25-28H,3-19,24,29-31H2,1-2H3. The van der Waals surface area contributed by atoms with Gasteiger partial charge in [-0.2, -0.15) is 0 Å². The lowest BCUT2D eigenvalue weighted by Gasteiger charge is -2.26. The van der Waals surface area contributed by atoms with Crippen molar-refractivity contribution in [2.24, 2.45) is 0 Å². The van der Waals surface area contributed by atoms with E-state index in [0.717, 1.165) is 36.8 Å². The fourth-order valence-corrected chi connectivity index (χ4v) is 6.17. The van der Waals surface area contributed by atoms with Crippen LogP contribution in [0.3, 0.4) is 0 Å². The molecule has 0 fully saturated rings. The highest BCUT2D eigenvalue weighted by molar-refractivity contribution is 5.94. The molecule has 0 radical (unpaired) electrons. The number of hydrogen-bond donors (Lipinski definition) is 0. The second-order valence-corrected chi connectivity index (χ2v) is 12.2. The zero-order valence-electron chi connectivity index (χ0n) is 27.0. The molecule has 43 heavy (non-hydrogen) atoms. The molecule has 238 valence electrons. The van der Waals surface area contributed by atoms with Crippen LogP contribution >= 0.6 is 0 Å². The van der Waals surface area contributed by atoms with Gasteiger partial charge in [0, 0.05) is 12.0 Å². The molecule has 0 aromatic heterocycles. The first-order valence-electron chi connectivity index (χ1n) is 17.3. The maximum atomic E-state index is 13.1. The van der Waals surface area contributed by atoms with Gasteiger partial charge in [0.05, 0.1) is 0 Å². The van der Waals surface area contributed by atoms with Crippen LogP contribution in [0.25, 0.3) is 0 Å². The summed E-state index contributed by atoms with van der Waals surface area (Å²) in [5, 5.41) is 0. The summed E-state index contributed by atoms with van der Waals surface area (Å²) >= 11 is 0. The number of carbonyl (C=O) groups is 2. The molecule has 2 aromatic carbocycles. The number of hydrogen-bond acceptors (Lipinski definition) is 5. The molecule has 5 heteroatoms. The van der Waals surface area contributed by atoms with Crippen molar-refractivity contribution in [3.8, 4) is 11.5 Å². The molecule has 5 nitrogen and oxygen atoms in total. The molecule has 3 rings (SSSR count). The highest BCUT2D eigenvalue weighted by atomic mass is 16.6. The van der Waals surface area contributed by atoms with E-state index in [1.165, 1.54) is 83.5 Å². The molecular weight excluding hydrogens is 536 g/mol. The van der Waals surface area contributed by atoms with Crippen LogP contribution in [0, 0.1) is 0 Å². The maximum absolute atomic E-state index is 13.1. The van der Waals surface area contributed by atoms with E-state index in [9.17, 15) is 9.59 Å². The van der Waals surface area contributed by atoms with E-state index in [4.69, 9.17) is 14.2 Å². The van der Waals surface area contributed by atoms with Crippen LogP contribution in [0.4, 0.5) is 0 Å². The maximum Gasteiger partial charge on any atom is 0.326 e. The molecule has 0 spiro atoms. The second kappa shape index (κ2) is 20.2. The Morgan fingerprint density at radius 1 is 0.674 bits per heavy atom. The molecule has 2 aromatic rings. The third kappa shape index (κ3) is 11.3. The molecule has 0 N–H and O–H groups in total. The number of para-hydroxylation sites is 1. The Kier molecular flexibility index (Phi) is 16.3. The molecular formula is C38H56O5. The number of carbonyl (C=O) groups excluding carboxylic acids is 2. The summed E-state index contributed by atoms with van der Waals surface area (Å²) in [6.07, 6.45) is 22.8. The smallest absolute Gasteiger partial charge is 0.326 e.